The molecule has 1 aromatic rings. The molecule has 0 bridgehead atoms. The van der Waals surface area contributed by atoms with Gasteiger partial charge < -0.3 is 4.74 Å². The lowest BCUT2D eigenvalue weighted by Gasteiger charge is -2.04. The van der Waals surface area contributed by atoms with Gasteiger partial charge in [0.05, 0.1) is 5.92 Å². The molecule has 1 heterocycles. The van der Waals surface area contributed by atoms with E-state index in [0.29, 0.717) is 13.0 Å². The van der Waals surface area contributed by atoms with Gasteiger partial charge in [0.25, 0.3) is 0 Å². The van der Waals surface area contributed by atoms with Crippen LogP contribution in [0.1, 0.15) is 17.9 Å². The average molecular weight is 188 g/mol. The van der Waals surface area contributed by atoms with Gasteiger partial charge in [0.1, 0.15) is 18.1 Å². The Bertz CT molecular complexity index is 368. The molecule has 0 saturated carbocycles. The van der Waals surface area contributed by atoms with Gasteiger partial charge in [-0.2, -0.15) is 0 Å². The number of carbonyl (C=O) groups excluding carboxylic acids is 1. The van der Waals surface area contributed by atoms with Gasteiger partial charge in [-0.05, 0) is 6.07 Å². The summed E-state index contributed by atoms with van der Waals surface area (Å²) in [7, 11) is 0. The number of ketones is 1. The van der Waals surface area contributed by atoms with Crippen LogP contribution in [0.3, 0.4) is 0 Å². The SMILES string of the molecule is C=CCC(=O)C1COc2ccccc21. The second-order valence-electron chi connectivity index (χ2n) is 3.36. The summed E-state index contributed by atoms with van der Waals surface area (Å²) in [6, 6.07) is 7.70. The third-order valence-electron chi connectivity index (χ3n) is 2.43. The summed E-state index contributed by atoms with van der Waals surface area (Å²) in [4.78, 5) is 11.7. The molecule has 0 N–H and O–H groups in total. The Morgan fingerprint density at radius 3 is 3.14 bits per heavy atom. The predicted molar refractivity (Wildman–Crippen MR) is 54.5 cm³/mol. The predicted octanol–water partition coefficient (Wildman–Crippen LogP) is 2.31. The molecule has 1 aliphatic heterocycles. The van der Waals surface area contributed by atoms with Crippen molar-refractivity contribution in [3.05, 3.63) is 42.5 Å². The van der Waals surface area contributed by atoms with Crippen LogP contribution >= 0.6 is 0 Å². The van der Waals surface area contributed by atoms with Crippen LogP contribution < -0.4 is 4.74 Å². The van der Waals surface area contributed by atoms with E-state index in [1.165, 1.54) is 0 Å². The highest BCUT2D eigenvalue weighted by molar-refractivity contribution is 5.88. The first-order chi connectivity index (χ1) is 6.83. The Morgan fingerprint density at radius 1 is 1.57 bits per heavy atom. The Balaban J connectivity index is 2.25. The van der Waals surface area contributed by atoms with Gasteiger partial charge in [-0.15, -0.1) is 6.58 Å². The number of allylic oxidation sites excluding steroid dienone is 1. The minimum Gasteiger partial charge on any atom is -0.492 e. The molecule has 2 rings (SSSR count). The van der Waals surface area contributed by atoms with Gasteiger partial charge in [-0.25, -0.2) is 0 Å². The highest BCUT2D eigenvalue weighted by atomic mass is 16.5. The second-order valence-corrected chi connectivity index (χ2v) is 3.36. The van der Waals surface area contributed by atoms with Crippen molar-refractivity contribution in [2.24, 2.45) is 0 Å². The number of carbonyl (C=O) groups is 1. The van der Waals surface area contributed by atoms with Crippen LogP contribution in [-0.2, 0) is 4.79 Å². The molecular formula is C12H12O2. The van der Waals surface area contributed by atoms with Gasteiger partial charge in [0.15, 0.2) is 0 Å². The molecule has 0 fully saturated rings. The number of benzene rings is 1. The minimum atomic E-state index is -0.0933. The number of hydrogen-bond donors (Lipinski definition) is 0. The Hall–Kier alpha value is -1.57. The summed E-state index contributed by atoms with van der Waals surface area (Å²) >= 11 is 0. The number of fused-ring (bicyclic) bond motifs is 1. The summed E-state index contributed by atoms with van der Waals surface area (Å²) in [6.45, 7) is 4.04. The van der Waals surface area contributed by atoms with Crippen LogP contribution in [0.25, 0.3) is 0 Å². The molecule has 1 unspecified atom stereocenters. The zero-order valence-electron chi connectivity index (χ0n) is 7.90. The molecule has 14 heavy (non-hydrogen) atoms. The third kappa shape index (κ3) is 1.43. The first kappa shape index (κ1) is 9.00. The second kappa shape index (κ2) is 3.66. The highest BCUT2D eigenvalue weighted by Gasteiger charge is 2.28. The first-order valence-electron chi connectivity index (χ1n) is 4.68. The molecule has 0 saturated heterocycles. The summed E-state index contributed by atoms with van der Waals surface area (Å²) in [5.41, 5.74) is 1.01. The normalized spacial score (nSPS) is 18.4. The molecule has 1 aromatic carbocycles. The van der Waals surface area contributed by atoms with E-state index < -0.39 is 0 Å². The van der Waals surface area contributed by atoms with E-state index in [4.69, 9.17) is 4.74 Å². The number of hydrogen-bond acceptors (Lipinski definition) is 2. The van der Waals surface area contributed by atoms with Crippen molar-refractivity contribution in [3.63, 3.8) is 0 Å². The molecule has 2 heteroatoms. The lowest BCUT2D eigenvalue weighted by atomic mass is 9.95. The van der Waals surface area contributed by atoms with E-state index in [1.807, 2.05) is 24.3 Å². The third-order valence-corrected chi connectivity index (χ3v) is 2.43. The highest BCUT2D eigenvalue weighted by Crippen LogP contribution is 2.34. The van der Waals surface area contributed by atoms with Crippen molar-refractivity contribution in [2.45, 2.75) is 12.3 Å². The van der Waals surface area contributed by atoms with Crippen LogP contribution in [0.2, 0.25) is 0 Å². The zero-order chi connectivity index (χ0) is 9.97. The standard InChI is InChI=1S/C12H12O2/c1-2-5-11(13)10-8-14-12-7-4-3-6-9(10)12/h2-4,6-7,10H,1,5,8H2. The molecule has 0 aromatic heterocycles. The zero-order valence-corrected chi connectivity index (χ0v) is 7.90. The van der Waals surface area contributed by atoms with Crippen molar-refractivity contribution in [3.8, 4) is 5.75 Å². The van der Waals surface area contributed by atoms with Crippen LogP contribution in [0, 0.1) is 0 Å². The van der Waals surface area contributed by atoms with E-state index >= 15 is 0 Å². The van der Waals surface area contributed by atoms with E-state index in [1.54, 1.807) is 6.08 Å². The fraction of sp³-hybridized carbons (Fsp3) is 0.250. The lowest BCUT2D eigenvalue weighted by Crippen LogP contribution is -2.12. The van der Waals surface area contributed by atoms with Gasteiger partial charge >= 0.3 is 0 Å². The minimum absolute atomic E-state index is 0.0933. The number of Topliss-reactive ketones (excluding diaryl/α,β-unsaturated/α-hetero) is 1. The van der Waals surface area contributed by atoms with E-state index in [0.717, 1.165) is 11.3 Å². The number of para-hydroxylation sites is 1. The molecular weight excluding hydrogens is 176 g/mol. The van der Waals surface area contributed by atoms with E-state index in [2.05, 4.69) is 6.58 Å². The van der Waals surface area contributed by atoms with Crippen LogP contribution in [0.15, 0.2) is 36.9 Å². The maximum Gasteiger partial charge on any atom is 0.147 e. The Morgan fingerprint density at radius 2 is 2.36 bits per heavy atom. The molecule has 1 aliphatic rings. The largest absolute Gasteiger partial charge is 0.492 e. The maximum absolute atomic E-state index is 11.7. The van der Waals surface area contributed by atoms with Crippen LogP contribution in [0.5, 0.6) is 5.75 Å². The molecule has 2 nitrogen and oxygen atoms in total. The average Bonchev–Trinajstić information content (AvgIpc) is 2.61. The van der Waals surface area contributed by atoms with Crippen molar-refractivity contribution in [1.82, 2.24) is 0 Å². The lowest BCUT2D eigenvalue weighted by molar-refractivity contribution is -0.119. The fourth-order valence-corrected chi connectivity index (χ4v) is 1.71. The summed E-state index contributed by atoms with van der Waals surface area (Å²) in [5, 5.41) is 0. The monoisotopic (exact) mass is 188 g/mol. The fourth-order valence-electron chi connectivity index (χ4n) is 1.71. The topological polar surface area (TPSA) is 26.3 Å². The Labute approximate surface area is 83.2 Å². The van der Waals surface area contributed by atoms with Gasteiger partial charge in [0.2, 0.25) is 0 Å². The van der Waals surface area contributed by atoms with Gasteiger partial charge in [-0.1, -0.05) is 24.3 Å². The van der Waals surface area contributed by atoms with Gasteiger partial charge in [0, 0.05) is 12.0 Å². The summed E-state index contributed by atoms with van der Waals surface area (Å²) in [6.07, 6.45) is 2.06. The molecule has 1 atom stereocenters. The smallest absolute Gasteiger partial charge is 0.147 e. The summed E-state index contributed by atoms with van der Waals surface area (Å²) in [5.74, 6) is 0.934. The first-order valence-corrected chi connectivity index (χ1v) is 4.68. The van der Waals surface area contributed by atoms with Crippen LogP contribution in [0.4, 0.5) is 0 Å². The maximum atomic E-state index is 11.7. The van der Waals surface area contributed by atoms with Crippen molar-refractivity contribution < 1.29 is 9.53 Å². The molecule has 0 aliphatic carbocycles. The quantitative estimate of drug-likeness (QED) is 0.680. The van der Waals surface area contributed by atoms with Crippen molar-refractivity contribution >= 4 is 5.78 Å². The number of ether oxygens (including phenoxy) is 1. The summed E-state index contributed by atoms with van der Waals surface area (Å²) < 4.78 is 5.42. The van der Waals surface area contributed by atoms with Crippen LogP contribution in [-0.4, -0.2) is 12.4 Å². The Kier molecular flexibility index (Phi) is 2.35. The van der Waals surface area contributed by atoms with Gasteiger partial charge in [-0.3, -0.25) is 4.79 Å². The van der Waals surface area contributed by atoms with E-state index in [-0.39, 0.29) is 11.7 Å². The molecule has 0 radical (unpaired) electrons. The molecule has 0 amide bonds. The van der Waals surface area contributed by atoms with E-state index in [9.17, 15) is 4.79 Å². The van der Waals surface area contributed by atoms with Crippen molar-refractivity contribution in [1.29, 1.82) is 0 Å². The molecule has 72 valence electrons. The van der Waals surface area contributed by atoms with Crippen molar-refractivity contribution in [2.75, 3.05) is 6.61 Å². The molecule has 0 spiro atoms. The number of rotatable bonds is 3.